The second kappa shape index (κ2) is 7.99. The molecule has 7 heteroatoms. The number of nitrogens with one attached hydrogen (secondary N) is 1. The number of nitrogen functional groups attached to an aromatic ring is 1. The number of anilines is 1. The smallest absolute Gasteiger partial charge is 0.253 e. The molecule has 1 saturated heterocycles. The fraction of sp³-hybridized carbons (Fsp3) is 0.444. The summed E-state index contributed by atoms with van der Waals surface area (Å²) in [5.74, 6) is 0.269. The molecule has 1 amide bonds. The number of aromatic nitrogens is 1. The fourth-order valence-electron chi connectivity index (χ4n) is 3.30. The third-order valence-corrected chi connectivity index (χ3v) is 5.11. The monoisotopic (exact) mass is 362 g/mol. The topological polar surface area (TPSA) is 91.5 Å². The first kappa shape index (κ1) is 17.9. The van der Waals surface area contributed by atoms with Crippen LogP contribution in [0.5, 0.6) is 0 Å². The Morgan fingerprint density at radius 2 is 2.20 bits per heavy atom. The second-order valence-corrected chi connectivity index (χ2v) is 6.85. The van der Waals surface area contributed by atoms with Crippen molar-refractivity contribution in [3.05, 3.63) is 35.0 Å². The van der Waals surface area contributed by atoms with Gasteiger partial charge in [0.05, 0.1) is 28.4 Å². The first-order valence-electron chi connectivity index (χ1n) is 8.54. The second-order valence-electron chi connectivity index (χ2n) is 6.44. The number of halogens is 1. The summed E-state index contributed by atoms with van der Waals surface area (Å²) in [6, 6.07) is 5.18. The van der Waals surface area contributed by atoms with Crippen molar-refractivity contribution in [1.29, 1.82) is 0 Å². The lowest BCUT2D eigenvalue weighted by molar-refractivity contribution is 0.0934. The molecule has 1 fully saturated rings. The third-order valence-electron chi connectivity index (χ3n) is 4.80. The minimum atomic E-state index is -0.177. The van der Waals surface area contributed by atoms with Crippen LogP contribution in [0.25, 0.3) is 10.9 Å². The molecule has 25 heavy (non-hydrogen) atoms. The lowest BCUT2D eigenvalue weighted by Gasteiger charge is -2.31. The normalized spacial score (nSPS) is 16.2. The van der Waals surface area contributed by atoms with Gasteiger partial charge in [0.1, 0.15) is 0 Å². The van der Waals surface area contributed by atoms with Crippen molar-refractivity contribution < 1.29 is 9.90 Å². The summed E-state index contributed by atoms with van der Waals surface area (Å²) >= 11 is 6.17. The van der Waals surface area contributed by atoms with E-state index < -0.39 is 0 Å². The maximum absolute atomic E-state index is 12.6. The molecule has 4 N–H and O–H groups in total. The van der Waals surface area contributed by atoms with Crippen molar-refractivity contribution in [2.24, 2.45) is 5.92 Å². The number of hydrogen-bond donors (Lipinski definition) is 3. The minimum absolute atomic E-state index is 0.177. The molecule has 134 valence electrons. The molecule has 0 saturated carbocycles. The zero-order valence-electron chi connectivity index (χ0n) is 14.0. The largest absolute Gasteiger partial charge is 0.397 e. The number of piperidine rings is 1. The predicted molar refractivity (Wildman–Crippen MR) is 99.7 cm³/mol. The van der Waals surface area contributed by atoms with E-state index in [0.717, 1.165) is 32.5 Å². The van der Waals surface area contributed by atoms with Gasteiger partial charge in [0.2, 0.25) is 0 Å². The van der Waals surface area contributed by atoms with E-state index in [0.29, 0.717) is 39.6 Å². The molecule has 0 bridgehead atoms. The standard InChI is InChI=1S/C18H23ClN4O2/c19-15-10-14(17-13(16(15)20)2-1-5-21-17)18(25)22-11-12-3-6-23(7-4-12)8-9-24/h1-2,5,10,12,24H,3-4,6-9,11,20H2,(H,22,25). The summed E-state index contributed by atoms with van der Waals surface area (Å²) in [5.41, 5.74) is 7.45. The molecular weight excluding hydrogens is 340 g/mol. The summed E-state index contributed by atoms with van der Waals surface area (Å²) in [7, 11) is 0. The summed E-state index contributed by atoms with van der Waals surface area (Å²) in [4.78, 5) is 19.2. The number of fused-ring (bicyclic) bond motifs is 1. The first-order chi connectivity index (χ1) is 12.1. The van der Waals surface area contributed by atoms with Crippen LogP contribution in [0.15, 0.2) is 24.4 Å². The molecule has 0 atom stereocenters. The average Bonchev–Trinajstić information content (AvgIpc) is 2.64. The van der Waals surface area contributed by atoms with Crippen molar-refractivity contribution in [2.75, 3.05) is 38.5 Å². The van der Waals surface area contributed by atoms with Crippen molar-refractivity contribution in [2.45, 2.75) is 12.8 Å². The van der Waals surface area contributed by atoms with Gasteiger partial charge in [-0.1, -0.05) is 11.6 Å². The number of nitrogens with two attached hydrogens (primary N) is 1. The van der Waals surface area contributed by atoms with Crippen molar-refractivity contribution in [1.82, 2.24) is 15.2 Å². The number of likely N-dealkylation sites (tertiary alicyclic amines) is 1. The van der Waals surface area contributed by atoms with Crippen LogP contribution in [0.4, 0.5) is 5.69 Å². The number of nitrogens with zero attached hydrogens (tertiary/aromatic N) is 2. The van der Waals surface area contributed by atoms with Gasteiger partial charge in [-0.15, -0.1) is 0 Å². The van der Waals surface area contributed by atoms with E-state index in [1.807, 2.05) is 6.07 Å². The number of pyridine rings is 1. The van der Waals surface area contributed by atoms with Crippen LogP contribution in [0, 0.1) is 5.92 Å². The zero-order chi connectivity index (χ0) is 17.8. The minimum Gasteiger partial charge on any atom is -0.397 e. The Labute approximate surface area is 152 Å². The number of amides is 1. The van der Waals surface area contributed by atoms with Crippen molar-refractivity contribution >= 4 is 34.1 Å². The van der Waals surface area contributed by atoms with Gasteiger partial charge in [-0.05, 0) is 50.0 Å². The van der Waals surface area contributed by atoms with Crippen LogP contribution in [0.2, 0.25) is 5.02 Å². The number of benzene rings is 1. The van der Waals surface area contributed by atoms with Crippen LogP contribution in [0.1, 0.15) is 23.2 Å². The van der Waals surface area contributed by atoms with Gasteiger partial charge in [-0.2, -0.15) is 0 Å². The lowest BCUT2D eigenvalue weighted by Crippen LogP contribution is -2.39. The molecule has 0 unspecified atom stereocenters. The Hall–Kier alpha value is -1.89. The van der Waals surface area contributed by atoms with E-state index in [9.17, 15) is 4.79 Å². The van der Waals surface area contributed by atoms with Gasteiger partial charge >= 0.3 is 0 Å². The number of aliphatic hydroxyl groups excluding tert-OH is 1. The highest BCUT2D eigenvalue weighted by Gasteiger charge is 2.21. The van der Waals surface area contributed by atoms with Crippen LogP contribution in [-0.2, 0) is 0 Å². The van der Waals surface area contributed by atoms with Gasteiger partial charge in [-0.25, -0.2) is 0 Å². The molecule has 1 aromatic heterocycles. The summed E-state index contributed by atoms with van der Waals surface area (Å²) in [6.45, 7) is 3.46. The van der Waals surface area contributed by atoms with Gasteiger partial charge < -0.3 is 21.1 Å². The van der Waals surface area contributed by atoms with Gasteiger partial charge in [0.25, 0.3) is 5.91 Å². The highest BCUT2D eigenvalue weighted by atomic mass is 35.5. The SMILES string of the molecule is Nc1c(Cl)cc(C(=O)NCC2CCN(CCO)CC2)c2ncccc12. The molecule has 2 heterocycles. The zero-order valence-corrected chi connectivity index (χ0v) is 14.8. The maximum atomic E-state index is 12.6. The number of rotatable bonds is 5. The summed E-state index contributed by atoms with van der Waals surface area (Å²) < 4.78 is 0. The molecule has 6 nitrogen and oxygen atoms in total. The third kappa shape index (κ3) is 4.03. The Bertz CT molecular complexity index is 760. The fourth-order valence-corrected chi connectivity index (χ4v) is 3.51. The maximum Gasteiger partial charge on any atom is 0.253 e. The quantitative estimate of drug-likeness (QED) is 0.707. The molecule has 1 aliphatic rings. The molecule has 1 aromatic carbocycles. The van der Waals surface area contributed by atoms with E-state index >= 15 is 0 Å². The van der Waals surface area contributed by atoms with Crippen LogP contribution in [0.3, 0.4) is 0 Å². The van der Waals surface area contributed by atoms with E-state index in [1.54, 1.807) is 18.3 Å². The highest BCUT2D eigenvalue weighted by Crippen LogP contribution is 2.30. The highest BCUT2D eigenvalue weighted by molar-refractivity contribution is 6.35. The Balaban J connectivity index is 1.66. The number of hydrogen-bond acceptors (Lipinski definition) is 5. The Morgan fingerprint density at radius 1 is 1.44 bits per heavy atom. The Kier molecular flexibility index (Phi) is 5.73. The van der Waals surface area contributed by atoms with Crippen LogP contribution < -0.4 is 11.1 Å². The first-order valence-corrected chi connectivity index (χ1v) is 8.92. The predicted octanol–water partition coefficient (Wildman–Crippen LogP) is 1.90. The summed E-state index contributed by atoms with van der Waals surface area (Å²) in [6.07, 6.45) is 3.67. The van der Waals surface area contributed by atoms with E-state index in [2.05, 4.69) is 15.2 Å². The average molecular weight is 363 g/mol. The van der Waals surface area contributed by atoms with Crippen LogP contribution in [-0.4, -0.2) is 53.7 Å². The summed E-state index contributed by atoms with van der Waals surface area (Å²) in [5, 5.41) is 13.1. The molecular formula is C18H23ClN4O2. The number of aliphatic hydroxyl groups is 1. The van der Waals surface area contributed by atoms with E-state index in [1.165, 1.54) is 0 Å². The van der Waals surface area contributed by atoms with Crippen molar-refractivity contribution in [3.63, 3.8) is 0 Å². The number of carbonyl (C=O) groups is 1. The number of β-amino-alcohol motifs (C(OH)–C–C–N with tert-alkyl or cyclic N) is 1. The molecule has 2 aromatic rings. The van der Waals surface area contributed by atoms with Crippen molar-refractivity contribution in [3.8, 4) is 0 Å². The molecule has 3 rings (SSSR count). The van der Waals surface area contributed by atoms with Crippen LogP contribution >= 0.6 is 11.6 Å². The molecule has 0 radical (unpaired) electrons. The molecule has 1 aliphatic heterocycles. The van der Waals surface area contributed by atoms with Gasteiger partial charge in [0, 0.05) is 24.7 Å². The molecule has 0 spiro atoms. The van der Waals surface area contributed by atoms with Gasteiger partial charge in [0.15, 0.2) is 0 Å². The van der Waals surface area contributed by atoms with E-state index in [4.69, 9.17) is 22.4 Å². The lowest BCUT2D eigenvalue weighted by atomic mass is 9.96. The Morgan fingerprint density at radius 3 is 2.92 bits per heavy atom. The molecule has 0 aliphatic carbocycles. The number of carbonyl (C=O) groups excluding carboxylic acids is 1. The van der Waals surface area contributed by atoms with E-state index in [-0.39, 0.29) is 12.5 Å². The van der Waals surface area contributed by atoms with Gasteiger partial charge in [-0.3, -0.25) is 9.78 Å².